The molecule has 6 nitrogen and oxygen atoms in total. The Labute approximate surface area is 144 Å². The van der Waals surface area contributed by atoms with E-state index >= 15 is 0 Å². The molecule has 2 heterocycles. The molecule has 4 aromatic rings. The summed E-state index contributed by atoms with van der Waals surface area (Å²) in [6.45, 7) is 4.56. The maximum Gasteiger partial charge on any atom is 0.267 e. The highest BCUT2D eigenvalue weighted by Crippen LogP contribution is 2.20. The maximum atomic E-state index is 13.1. The number of ether oxygens (including phenoxy) is 1. The normalized spacial score (nSPS) is 11.3. The summed E-state index contributed by atoms with van der Waals surface area (Å²) in [6.07, 6.45) is 0.729. The predicted molar refractivity (Wildman–Crippen MR) is 96.6 cm³/mol. The summed E-state index contributed by atoms with van der Waals surface area (Å²) in [5, 5.41) is 9.18. The van der Waals surface area contributed by atoms with Gasteiger partial charge in [0.05, 0.1) is 23.2 Å². The highest BCUT2D eigenvalue weighted by molar-refractivity contribution is 5.81. The molecule has 126 valence electrons. The number of para-hydroxylation sites is 1. The monoisotopic (exact) mass is 334 g/mol. The van der Waals surface area contributed by atoms with Gasteiger partial charge in [-0.15, -0.1) is 10.2 Å². The highest BCUT2D eigenvalue weighted by atomic mass is 16.5. The van der Waals surface area contributed by atoms with Gasteiger partial charge in [-0.05, 0) is 43.3 Å². The van der Waals surface area contributed by atoms with Crippen molar-refractivity contribution >= 4 is 16.7 Å². The lowest BCUT2D eigenvalue weighted by Crippen LogP contribution is -2.22. The molecule has 0 saturated heterocycles. The van der Waals surface area contributed by atoms with Gasteiger partial charge in [-0.1, -0.05) is 19.1 Å². The first-order valence-corrected chi connectivity index (χ1v) is 8.35. The molecule has 0 bridgehead atoms. The smallest absolute Gasteiger partial charge is 0.267 e. The Morgan fingerprint density at radius 2 is 1.76 bits per heavy atom. The van der Waals surface area contributed by atoms with E-state index in [0.717, 1.165) is 29.2 Å². The number of rotatable bonds is 4. The molecular formula is C19H18N4O2. The SMILES string of the molecule is CCOc1ccc(-n2c(=O)c3ccccc3n3c(CC)nnc23)cc1. The van der Waals surface area contributed by atoms with E-state index in [1.807, 2.05) is 66.8 Å². The molecule has 0 fully saturated rings. The Morgan fingerprint density at radius 1 is 1.00 bits per heavy atom. The van der Waals surface area contributed by atoms with Crippen LogP contribution in [0.3, 0.4) is 0 Å². The van der Waals surface area contributed by atoms with Crippen molar-refractivity contribution in [1.82, 2.24) is 19.2 Å². The van der Waals surface area contributed by atoms with Crippen LogP contribution in [0.4, 0.5) is 0 Å². The molecule has 0 N–H and O–H groups in total. The molecule has 0 amide bonds. The molecule has 2 aromatic heterocycles. The fourth-order valence-electron chi connectivity index (χ4n) is 3.08. The molecule has 0 aliphatic carbocycles. The van der Waals surface area contributed by atoms with Crippen LogP contribution in [-0.2, 0) is 6.42 Å². The Kier molecular flexibility index (Phi) is 3.72. The van der Waals surface area contributed by atoms with E-state index in [0.29, 0.717) is 17.8 Å². The number of nitrogens with zero attached hydrogens (tertiary/aromatic N) is 4. The molecule has 0 saturated carbocycles. The van der Waals surface area contributed by atoms with E-state index in [9.17, 15) is 4.79 Å². The topological polar surface area (TPSA) is 61.4 Å². The third-order valence-corrected chi connectivity index (χ3v) is 4.21. The van der Waals surface area contributed by atoms with Crippen LogP contribution in [0, 0.1) is 0 Å². The second kappa shape index (κ2) is 6.05. The number of aryl methyl sites for hydroxylation is 1. The van der Waals surface area contributed by atoms with Gasteiger partial charge in [0, 0.05) is 6.42 Å². The molecule has 0 unspecified atom stereocenters. The lowest BCUT2D eigenvalue weighted by Gasteiger charge is -2.12. The summed E-state index contributed by atoms with van der Waals surface area (Å²) >= 11 is 0. The van der Waals surface area contributed by atoms with Crippen molar-refractivity contribution in [3.8, 4) is 11.4 Å². The lowest BCUT2D eigenvalue weighted by atomic mass is 10.2. The molecule has 6 heteroatoms. The van der Waals surface area contributed by atoms with Gasteiger partial charge in [0.2, 0.25) is 5.78 Å². The Balaban J connectivity index is 2.07. The summed E-state index contributed by atoms with van der Waals surface area (Å²) in [7, 11) is 0. The molecule has 0 aliphatic rings. The van der Waals surface area contributed by atoms with Gasteiger partial charge in [0.1, 0.15) is 11.6 Å². The van der Waals surface area contributed by atoms with E-state index in [1.54, 1.807) is 4.57 Å². The standard InChI is InChI=1S/C19H18N4O2/c1-3-17-20-21-19-22(13-9-11-14(12-10-13)25-4-2)18(24)15-7-5-6-8-16(15)23(17)19/h5-12H,3-4H2,1-2H3. The van der Waals surface area contributed by atoms with E-state index < -0.39 is 0 Å². The average molecular weight is 334 g/mol. The summed E-state index contributed by atoms with van der Waals surface area (Å²) in [6, 6.07) is 15.0. The zero-order chi connectivity index (χ0) is 17.4. The maximum absolute atomic E-state index is 13.1. The Hall–Kier alpha value is -3.15. The fourth-order valence-corrected chi connectivity index (χ4v) is 3.08. The number of benzene rings is 2. The van der Waals surface area contributed by atoms with Crippen molar-refractivity contribution in [2.45, 2.75) is 20.3 Å². The Morgan fingerprint density at radius 3 is 2.48 bits per heavy atom. The van der Waals surface area contributed by atoms with Crippen LogP contribution >= 0.6 is 0 Å². The first-order valence-electron chi connectivity index (χ1n) is 8.35. The quantitative estimate of drug-likeness (QED) is 0.576. The lowest BCUT2D eigenvalue weighted by molar-refractivity contribution is 0.340. The van der Waals surface area contributed by atoms with Crippen molar-refractivity contribution in [1.29, 1.82) is 0 Å². The summed E-state index contributed by atoms with van der Waals surface area (Å²) < 4.78 is 9.04. The minimum atomic E-state index is -0.109. The van der Waals surface area contributed by atoms with E-state index in [2.05, 4.69) is 10.2 Å². The van der Waals surface area contributed by atoms with Gasteiger partial charge in [0.15, 0.2) is 0 Å². The molecule has 25 heavy (non-hydrogen) atoms. The molecule has 0 atom stereocenters. The highest BCUT2D eigenvalue weighted by Gasteiger charge is 2.16. The largest absolute Gasteiger partial charge is 0.494 e. The molecule has 0 spiro atoms. The van der Waals surface area contributed by atoms with Crippen LogP contribution in [0.2, 0.25) is 0 Å². The van der Waals surface area contributed by atoms with Crippen LogP contribution in [0.25, 0.3) is 22.4 Å². The van der Waals surface area contributed by atoms with Crippen LogP contribution < -0.4 is 10.3 Å². The molecule has 0 radical (unpaired) electrons. The Bertz CT molecular complexity index is 1110. The predicted octanol–water partition coefficient (Wildman–Crippen LogP) is 2.99. The minimum absolute atomic E-state index is 0.109. The zero-order valence-electron chi connectivity index (χ0n) is 14.1. The van der Waals surface area contributed by atoms with E-state index in [-0.39, 0.29) is 5.56 Å². The molecule has 4 rings (SSSR count). The second-order valence-electron chi connectivity index (χ2n) is 5.69. The van der Waals surface area contributed by atoms with Gasteiger partial charge in [-0.2, -0.15) is 0 Å². The van der Waals surface area contributed by atoms with Gasteiger partial charge >= 0.3 is 0 Å². The number of fused-ring (bicyclic) bond motifs is 3. The van der Waals surface area contributed by atoms with Crippen LogP contribution in [0.1, 0.15) is 19.7 Å². The summed E-state index contributed by atoms with van der Waals surface area (Å²) in [4.78, 5) is 13.1. The van der Waals surface area contributed by atoms with Crippen molar-refractivity contribution in [3.63, 3.8) is 0 Å². The van der Waals surface area contributed by atoms with Crippen LogP contribution in [0.5, 0.6) is 5.75 Å². The minimum Gasteiger partial charge on any atom is -0.494 e. The molecular weight excluding hydrogens is 316 g/mol. The fraction of sp³-hybridized carbons (Fsp3) is 0.211. The number of hydrogen-bond donors (Lipinski definition) is 0. The van der Waals surface area contributed by atoms with Gasteiger partial charge in [-0.25, -0.2) is 4.57 Å². The third-order valence-electron chi connectivity index (χ3n) is 4.21. The van der Waals surface area contributed by atoms with Crippen LogP contribution in [-0.4, -0.2) is 25.8 Å². The average Bonchev–Trinajstić information content (AvgIpc) is 3.07. The van der Waals surface area contributed by atoms with Crippen molar-refractivity contribution in [2.24, 2.45) is 0 Å². The first kappa shape index (κ1) is 15.4. The molecule has 2 aromatic carbocycles. The van der Waals surface area contributed by atoms with E-state index in [4.69, 9.17) is 4.74 Å². The van der Waals surface area contributed by atoms with Gasteiger partial charge in [-0.3, -0.25) is 9.20 Å². The first-order chi connectivity index (χ1) is 12.2. The third kappa shape index (κ3) is 2.38. The number of hydrogen-bond acceptors (Lipinski definition) is 4. The second-order valence-corrected chi connectivity index (χ2v) is 5.69. The number of aromatic nitrogens is 4. The molecule has 0 aliphatic heterocycles. The van der Waals surface area contributed by atoms with Crippen molar-refractivity contribution in [2.75, 3.05) is 6.61 Å². The van der Waals surface area contributed by atoms with Crippen molar-refractivity contribution < 1.29 is 4.74 Å². The van der Waals surface area contributed by atoms with Crippen molar-refractivity contribution in [3.05, 3.63) is 64.7 Å². The van der Waals surface area contributed by atoms with Gasteiger partial charge < -0.3 is 4.74 Å². The summed E-state index contributed by atoms with van der Waals surface area (Å²) in [5.41, 5.74) is 1.45. The van der Waals surface area contributed by atoms with Crippen LogP contribution in [0.15, 0.2) is 53.3 Å². The zero-order valence-corrected chi connectivity index (χ0v) is 14.1. The van der Waals surface area contributed by atoms with Gasteiger partial charge in [0.25, 0.3) is 5.56 Å². The van der Waals surface area contributed by atoms with E-state index in [1.165, 1.54) is 0 Å². The summed E-state index contributed by atoms with van der Waals surface area (Å²) in [5.74, 6) is 2.11.